The van der Waals surface area contributed by atoms with Crippen molar-refractivity contribution < 1.29 is 14.6 Å². The average molecular weight is 405 g/mol. The van der Waals surface area contributed by atoms with Gasteiger partial charge in [0.1, 0.15) is 17.2 Å². The van der Waals surface area contributed by atoms with Gasteiger partial charge in [-0.3, -0.25) is 0 Å². The van der Waals surface area contributed by atoms with Crippen LogP contribution in [0.5, 0.6) is 17.2 Å². The minimum atomic E-state index is -0.0165. The molecule has 7 nitrogen and oxygen atoms in total. The monoisotopic (exact) mass is 404 g/mol. The lowest BCUT2D eigenvalue weighted by Gasteiger charge is -2.49. The number of allylic oxidation sites excluding steroid dienone is 2. The number of piperidine rings is 1. The van der Waals surface area contributed by atoms with Crippen LogP contribution < -0.4 is 26.3 Å². The molecule has 0 unspecified atom stereocenters. The van der Waals surface area contributed by atoms with Gasteiger partial charge in [0.25, 0.3) is 0 Å². The fourth-order valence-corrected chi connectivity index (χ4v) is 4.27. The zero-order valence-corrected chi connectivity index (χ0v) is 18.7. The summed E-state index contributed by atoms with van der Waals surface area (Å²) in [4.78, 5) is 2.10. The molecule has 29 heavy (non-hydrogen) atoms. The fraction of sp³-hybridized carbons (Fsp3) is 0.545. The number of nitrogens with two attached hydrogens (primary N) is 2. The van der Waals surface area contributed by atoms with Crippen molar-refractivity contribution in [2.75, 3.05) is 21.3 Å². The SMILES string of the molecule is COc1cc(O)c(/C(N)=C/C=C(\N)N(C)C2CC(C)(C)NC(C)(C)C2)c(OC)c1. The van der Waals surface area contributed by atoms with Crippen LogP contribution in [0.15, 0.2) is 30.1 Å². The van der Waals surface area contributed by atoms with Gasteiger partial charge in [-0.05, 0) is 52.7 Å². The van der Waals surface area contributed by atoms with Gasteiger partial charge in [-0.1, -0.05) is 0 Å². The summed E-state index contributed by atoms with van der Waals surface area (Å²) < 4.78 is 10.5. The van der Waals surface area contributed by atoms with E-state index in [4.69, 9.17) is 20.9 Å². The van der Waals surface area contributed by atoms with E-state index in [0.717, 1.165) is 12.8 Å². The summed E-state index contributed by atoms with van der Waals surface area (Å²) in [5.74, 6) is 1.51. The van der Waals surface area contributed by atoms with E-state index in [1.165, 1.54) is 20.3 Å². The van der Waals surface area contributed by atoms with E-state index in [1.807, 2.05) is 7.05 Å². The quantitative estimate of drug-likeness (QED) is 0.540. The first-order valence-corrected chi connectivity index (χ1v) is 9.79. The third-order valence-corrected chi connectivity index (χ3v) is 5.36. The van der Waals surface area contributed by atoms with E-state index in [0.29, 0.717) is 34.6 Å². The molecule has 1 fully saturated rings. The zero-order valence-electron chi connectivity index (χ0n) is 18.7. The van der Waals surface area contributed by atoms with Crippen LogP contribution in [0.3, 0.4) is 0 Å². The summed E-state index contributed by atoms with van der Waals surface area (Å²) in [6.45, 7) is 8.85. The molecule has 1 aliphatic heterocycles. The second-order valence-corrected chi connectivity index (χ2v) is 9.00. The number of nitrogens with one attached hydrogen (secondary N) is 1. The third-order valence-electron chi connectivity index (χ3n) is 5.36. The summed E-state index contributed by atoms with van der Waals surface area (Å²) in [6, 6.07) is 3.47. The Morgan fingerprint density at radius 3 is 2.21 bits per heavy atom. The van der Waals surface area contributed by atoms with Crippen LogP contribution in [-0.4, -0.2) is 48.4 Å². The van der Waals surface area contributed by atoms with Crippen LogP contribution in [-0.2, 0) is 0 Å². The van der Waals surface area contributed by atoms with E-state index in [2.05, 4.69) is 37.9 Å². The third kappa shape index (κ3) is 5.50. The van der Waals surface area contributed by atoms with Crippen molar-refractivity contribution in [3.8, 4) is 17.2 Å². The van der Waals surface area contributed by atoms with Crippen LogP contribution >= 0.6 is 0 Å². The van der Waals surface area contributed by atoms with Gasteiger partial charge in [0.05, 0.1) is 25.6 Å². The van der Waals surface area contributed by atoms with E-state index in [-0.39, 0.29) is 16.8 Å². The highest BCUT2D eigenvalue weighted by Crippen LogP contribution is 2.36. The fourth-order valence-electron chi connectivity index (χ4n) is 4.27. The number of ether oxygens (including phenoxy) is 2. The Morgan fingerprint density at radius 1 is 1.10 bits per heavy atom. The normalized spacial score (nSPS) is 19.7. The highest BCUT2D eigenvalue weighted by molar-refractivity contribution is 5.75. The molecular weight excluding hydrogens is 368 g/mol. The van der Waals surface area contributed by atoms with Gasteiger partial charge in [-0.2, -0.15) is 0 Å². The lowest BCUT2D eigenvalue weighted by Crippen LogP contribution is -2.61. The van der Waals surface area contributed by atoms with E-state index in [9.17, 15) is 5.11 Å². The Morgan fingerprint density at radius 2 is 1.69 bits per heavy atom. The summed E-state index contributed by atoms with van der Waals surface area (Å²) in [6.07, 6.45) is 5.41. The minimum absolute atomic E-state index is 0.0165. The second kappa shape index (κ2) is 8.45. The van der Waals surface area contributed by atoms with Crippen LogP contribution in [0.4, 0.5) is 0 Å². The molecule has 0 bridgehead atoms. The predicted molar refractivity (Wildman–Crippen MR) is 118 cm³/mol. The van der Waals surface area contributed by atoms with Crippen molar-refractivity contribution in [1.82, 2.24) is 10.2 Å². The molecule has 6 N–H and O–H groups in total. The van der Waals surface area contributed by atoms with Crippen molar-refractivity contribution >= 4 is 5.70 Å². The smallest absolute Gasteiger partial charge is 0.135 e. The van der Waals surface area contributed by atoms with Gasteiger partial charge in [0.2, 0.25) is 0 Å². The predicted octanol–water partition coefficient (Wildman–Crippen LogP) is 2.75. The van der Waals surface area contributed by atoms with Gasteiger partial charge in [-0.15, -0.1) is 0 Å². The van der Waals surface area contributed by atoms with Crippen molar-refractivity contribution in [3.05, 3.63) is 35.7 Å². The topological polar surface area (TPSA) is 106 Å². The largest absolute Gasteiger partial charge is 0.507 e. The first kappa shape index (κ1) is 22.7. The number of phenols is 1. The summed E-state index contributed by atoms with van der Waals surface area (Å²) in [7, 11) is 5.04. The number of hydrogen-bond acceptors (Lipinski definition) is 7. The van der Waals surface area contributed by atoms with E-state index in [1.54, 1.807) is 18.2 Å². The molecular formula is C22H36N4O3. The summed E-state index contributed by atoms with van der Waals surface area (Å²) in [5.41, 5.74) is 13.4. The van der Waals surface area contributed by atoms with E-state index < -0.39 is 0 Å². The Hall–Kier alpha value is -2.54. The number of phenolic OH excluding ortho intramolecular Hbond substituents is 1. The highest BCUT2D eigenvalue weighted by Gasteiger charge is 2.39. The van der Waals surface area contributed by atoms with Crippen molar-refractivity contribution in [2.45, 2.75) is 57.7 Å². The average Bonchev–Trinajstić information content (AvgIpc) is 2.61. The van der Waals surface area contributed by atoms with Crippen molar-refractivity contribution in [2.24, 2.45) is 11.5 Å². The van der Waals surface area contributed by atoms with Gasteiger partial charge in [-0.25, -0.2) is 0 Å². The van der Waals surface area contributed by atoms with Crippen LogP contribution in [0, 0.1) is 0 Å². The molecule has 2 rings (SSSR count). The highest BCUT2D eigenvalue weighted by atomic mass is 16.5. The number of nitrogens with zero attached hydrogens (tertiary/aromatic N) is 1. The molecule has 0 aliphatic carbocycles. The maximum atomic E-state index is 10.3. The zero-order chi connectivity index (χ0) is 22.0. The molecule has 1 heterocycles. The standard InChI is InChI=1S/C22H36N4O3/c1-21(2)12-14(13-22(3,4)25-21)26(5)19(24)9-8-16(23)20-17(27)10-15(28-6)11-18(20)29-7/h8-11,14,25,27H,12-13,23-24H2,1-7H3/b16-8-,19-9+. The lowest BCUT2D eigenvalue weighted by atomic mass is 9.79. The van der Waals surface area contributed by atoms with Crippen LogP contribution in [0.1, 0.15) is 46.1 Å². The summed E-state index contributed by atoms with van der Waals surface area (Å²) >= 11 is 0. The van der Waals surface area contributed by atoms with Crippen LogP contribution in [0.2, 0.25) is 0 Å². The maximum Gasteiger partial charge on any atom is 0.135 e. The molecule has 1 aromatic rings. The van der Waals surface area contributed by atoms with Crippen molar-refractivity contribution in [3.63, 3.8) is 0 Å². The second-order valence-electron chi connectivity index (χ2n) is 9.00. The molecule has 0 atom stereocenters. The van der Waals surface area contributed by atoms with Gasteiger partial charge < -0.3 is 36.3 Å². The van der Waals surface area contributed by atoms with Gasteiger partial charge >= 0.3 is 0 Å². The van der Waals surface area contributed by atoms with Gasteiger partial charge in [0, 0.05) is 42.0 Å². The Labute approximate surface area is 174 Å². The van der Waals surface area contributed by atoms with Gasteiger partial charge in [0.15, 0.2) is 0 Å². The maximum absolute atomic E-state index is 10.3. The number of rotatable bonds is 6. The summed E-state index contributed by atoms with van der Waals surface area (Å²) in [5, 5.41) is 14.0. The number of methoxy groups -OCH3 is 2. The molecule has 0 amide bonds. The molecule has 7 heteroatoms. The molecule has 162 valence electrons. The van der Waals surface area contributed by atoms with E-state index >= 15 is 0 Å². The number of aromatic hydroxyl groups is 1. The minimum Gasteiger partial charge on any atom is -0.507 e. The molecule has 0 saturated carbocycles. The molecule has 0 spiro atoms. The molecule has 0 aromatic heterocycles. The van der Waals surface area contributed by atoms with Crippen LogP contribution in [0.25, 0.3) is 5.70 Å². The Bertz CT molecular complexity index is 783. The number of benzene rings is 1. The molecule has 1 aliphatic rings. The molecule has 1 aromatic carbocycles. The first-order valence-electron chi connectivity index (χ1n) is 9.79. The first-order chi connectivity index (χ1) is 13.4. The lowest BCUT2D eigenvalue weighted by molar-refractivity contribution is 0.0981. The molecule has 1 saturated heterocycles. The van der Waals surface area contributed by atoms with Crippen molar-refractivity contribution in [1.29, 1.82) is 0 Å². The molecule has 0 radical (unpaired) electrons. The number of hydrogen-bond donors (Lipinski definition) is 4. The Balaban J connectivity index is 2.27. The Kier molecular flexibility index (Phi) is 6.63.